The molecule has 0 bridgehead atoms. The number of nitrogens with one attached hydrogen (secondary N) is 2. The van der Waals surface area contributed by atoms with Crippen molar-refractivity contribution in [3.63, 3.8) is 0 Å². The topological polar surface area (TPSA) is 123 Å². The van der Waals surface area contributed by atoms with E-state index in [4.69, 9.17) is 10.3 Å². The number of hydrogen-bond donors (Lipinski definition) is 3. The number of nitrogens with two attached hydrogens (primary N) is 1. The zero-order valence-corrected chi connectivity index (χ0v) is 10.3. The molecule has 18 heavy (non-hydrogen) atoms. The number of H-pyrrole nitrogens is 1. The number of nitrogen functional groups attached to an aromatic ring is 1. The molecule has 0 saturated carbocycles. The van der Waals surface area contributed by atoms with Crippen molar-refractivity contribution in [2.24, 2.45) is 0 Å². The van der Waals surface area contributed by atoms with Crippen molar-refractivity contribution in [2.75, 3.05) is 11.1 Å². The molecule has 0 saturated heterocycles. The fourth-order valence-corrected chi connectivity index (χ4v) is 1.48. The average Bonchev–Trinajstić information content (AvgIpc) is 2.85. The van der Waals surface area contributed by atoms with Gasteiger partial charge in [0.25, 0.3) is 5.91 Å². The summed E-state index contributed by atoms with van der Waals surface area (Å²) in [6.45, 7) is 5.55. The van der Waals surface area contributed by atoms with Gasteiger partial charge in [-0.1, -0.05) is 19.0 Å². The molecule has 1 amide bonds. The zero-order valence-electron chi connectivity index (χ0n) is 10.3. The summed E-state index contributed by atoms with van der Waals surface area (Å²) in [5.41, 5.74) is 7.02. The van der Waals surface area contributed by atoms with Gasteiger partial charge in [-0.25, -0.2) is 0 Å². The van der Waals surface area contributed by atoms with E-state index in [9.17, 15) is 4.79 Å². The van der Waals surface area contributed by atoms with E-state index in [1.54, 1.807) is 6.92 Å². The number of amides is 1. The minimum atomic E-state index is -0.487. The number of carbonyl (C=O) groups is 1. The molecule has 8 heteroatoms. The summed E-state index contributed by atoms with van der Waals surface area (Å²) in [7, 11) is 0. The first kappa shape index (κ1) is 12.1. The van der Waals surface area contributed by atoms with Gasteiger partial charge in [0.2, 0.25) is 0 Å². The van der Waals surface area contributed by atoms with Gasteiger partial charge in [0.15, 0.2) is 11.5 Å². The third-order valence-electron chi connectivity index (χ3n) is 2.37. The van der Waals surface area contributed by atoms with E-state index < -0.39 is 5.91 Å². The number of anilines is 2. The Morgan fingerprint density at radius 1 is 1.50 bits per heavy atom. The molecule has 2 rings (SSSR count). The molecule has 0 aliphatic rings. The van der Waals surface area contributed by atoms with Crippen LogP contribution in [-0.4, -0.2) is 26.2 Å². The highest BCUT2D eigenvalue weighted by molar-refractivity contribution is 6.05. The van der Waals surface area contributed by atoms with E-state index in [0.29, 0.717) is 11.5 Å². The van der Waals surface area contributed by atoms with Gasteiger partial charge in [-0.3, -0.25) is 15.2 Å². The van der Waals surface area contributed by atoms with Crippen molar-refractivity contribution in [2.45, 2.75) is 26.7 Å². The lowest BCUT2D eigenvalue weighted by Gasteiger charge is -2.02. The molecular formula is C10H14N6O2. The predicted octanol–water partition coefficient (Wildman–Crippen LogP) is 1.06. The largest absolute Gasteiger partial charge is 0.395 e. The Kier molecular flexibility index (Phi) is 3.00. The minimum absolute atomic E-state index is 0.0194. The van der Waals surface area contributed by atoms with Crippen LogP contribution in [0.15, 0.2) is 4.52 Å². The van der Waals surface area contributed by atoms with Gasteiger partial charge in [-0.15, -0.1) is 0 Å². The molecule has 2 aromatic rings. The van der Waals surface area contributed by atoms with Crippen molar-refractivity contribution in [3.05, 3.63) is 17.2 Å². The first-order chi connectivity index (χ1) is 8.49. The fourth-order valence-electron chi connectivity index (χ4n) is 1.48. The highest BCUT2D eigenvalue weighted by atomic mass is 16.5. The molecule has 0 fully saturated rings. The monoisotopic (exact) mass is 250 g/mol. The Balaban J connectivity index is 2.19. The molecule has 96 valence electrons. The second-order valence-corrected chi connectivity index (χ2v) is 4.16. The van der Waals surface area contributed by atoms with Gasteiger partial charge in [0.1, 0.15) is 0 Å². The molecular weight excluding hydrogens is 236 g/mol. The van der Waals surface area contributed by atoms with Crippen LogP contribution in [0.3, 0.4) is 0 Å². The summed E-state index contributed by atoms with van der Waals surface area (Å²) >= 11 is 0. The van der Waals surface area contributed by atoms with E-state index in [2.05, 4.69) is 25.7 Å². The Bertz CT molecular complexity index is 571. The highest BCUT2D eigenvalue weighted by Crippen LogP contribution is 2.22. The molecule has 0 unspecified atom stereocenters. The predicted molar refractivity (Wildman–Crippen MR) is 64.1 cm³/mol. The quantitative estimate of drug-likeness (QED) is 0.748. The number of nitrogens with zero attached hydrogens (tertiary/aromatic N) is 3. The molecule has 0 aromatic carbocycles. The first-order valence-corrected chi connectivity index (χ1v) is 5.44. The van der Waals surface area contributed by atoms with E-state index in [0.717, 1.165) is 5.69 Å². The van der Waals surface area contributed by atoms with Crippen LogP contribution in [0.2, 0.25) is 0 Å². The Morgan fingerprint density at radius 2 is 2.22 bits per heavy atom. The van der Waals surface area contributed by atoms with E-state index in [1.807, 2.05) is 13.8 Å². The van der Waals surface area contributed by atoms with Gasteiger partial charge < -0.3 is 10.3 Å². The lowest BCUT2D eigenvalue weighted by Crippen LogP contribution is -2.14. The summed E-state index contributed by atoms with van der Waals surface area (Å²) in [6.07, 6.45) is 0. The molecule has 0 spiro atoms. The average molecular weight is 250 g/mol. The Morgan fingerprint density at radius 3 is 2.72 bits per heavy atom. The maximum Gasteiger partial charge on any atom is 0.328 e. The molecule has 2 heterocycles. The first-order valence-electron chi connectivity index (χ1n) is 5.44. The zero-order chi connectivity index (χ0) is 13.3. The van der Waals surface area contributed by atoms with Crippen LogP contribution in [0.4, 0.5) is 11.7 Å². The molecule has 8 nitrogen and oxygen atoms in total. The number of aromatic nitrogens is 4. The maximum atomic E-state index is 11.9. The summed E-state index contributed by atoms with van der Waals surface area (Å²) in [6, 6.07) is 0.0194. The fraction of sp³-hybridized carbons (Fsp3) is 0.400. The number of carbonyl (C=O) groups excluding carboxylic acids is 1. The Labute approximate surface area is 103 Å². The van der Waals surface area contributed by atoms with Crippen molar-refractivity contribution in [1.82, 2.24) is 20.3 Å². The third kappa shape index (κ3) is 2.17. The second kappa shape index (κ2) is 4.47. The van der Waals surface area contributed by atoms with Crippen LogP contribution >= 0.6 is 0 Å². The van der Waals surface area contributed by atoms with Gasteiger partial charge in [-0.2, -0.15) is 10.1 Å². The molecule has 4 N–H and O–H groups in total. The molecule has 0 aliphatic carbocycles. The number of aromatic amines is 1. The number of rotatable bonds is 3. The molecule has 0 atom stereocenters. The summed E-state index contributed by atoms with van der Waals surface area (Å²) in [5.74, 6) is 0.104. The smallest absolute Gasteiger partial charge is 0.328 e. The van der Waals surface area contributed by atoms with Crippen LogP contribution < -0.4 is 11.1 Å². The normalized spacial score (nSPS) is 10.9. The van der Waals surface area contributed by atoms with Crippen LogP contribution in [0.25, 0.3) is 0 Å². The summed E-state index contributed by atoms with van der Waals surface area (Å²) < 4.78 is 4.78. The van der Waals surface area contributed by atoms with Gasteiger partial charge in [0, 0.05) is 0 Å². The van der Waals surface area contributed by atoms with Crippen LogP contribution in [0.1, 0.15) is 41.8 Å². The molecule has 0 radical (unpaired) electrons. The summed E-state index contributed by atoms with van der Waals surface area (Å²) in [4.78, 5) is 15.7. The van der Waals surface area contributed by atoms with Crippen molar-refractivity contribution < 1.29 is 9.32 Å². The lowest BCUT2D eigenvalue weighted by molar-refractivity contribution is 0.101. The van der Waals surface area contributed by atoms with Crippen molar-refractivity contribution in [3.8, 4) is 0 Å². The standard InChI is InChI=1S/C10H14N6O2/c1-4(2)7-6(11)8(15-14-7)9(17)13-10-12-5(3)16-18-10/h4H,11H2,1-3H3,(H,14,15)(H,12,13,16,17). The molecule has 2 aromatic heterocycles. The van der Waals surface area contributed by atoms with Crippen molar-refractivity contribution >= 4 is 17.6 Å². The van der Waals surface area contributed by atoms with Crippen LogP contribution in [0, 0.1) is 6.92 Å². The number of aryl methyl sites for hydroxylation is 1. The SMILES string of the molecule is Cc1noc(NC(=O)c2n[nH]c(C(C)C)c2N)n1. The second-order valence-electron chi connectivity index (χ2n) is 4.16. The summed E-state index contributed by atoms with van der Waals surface area (Å²) in [5, 5.41) is 12.6. The third-order valence-corrected chi connectivity index (χ3v) is 2.37. The number of hydrogen-bond acceptors (Lipinski definition) is 6. The van der Waals surface area contributed by atoms with Gasteiger partial charge in [-0.05, 0) is 12.8 Å². The lowest BCUT2D eigenvalue weighted by atomic mass is 10.1. The van der Waals surface area contributed by atoms with Gasteiger partial charge >= 0.3 is 6.01 Å². The van der Waals surface area contributed by atoms with Crippen LogP contribution in [-0.2, 0) is 0 Å². The maximum absolute atomic E-state index is 11.9. The van der Waals surface area contributed by atoms with E-state index >= 15 is 0 Å². The van der Waals surface area contributed by atoms with Gasteiger partial charge in [0.05, 0.1) is 11.4 Å². The highest BCUT2D eigenvalue weighted by Gasteiger charge is 2.20. The Hall–Kier alpha value is -2.38. The van der Waals surface area contributed by atoms with Crippen molar-refractivity contribution in [1.29, 1.82) is 0 Å². The molecule has 0 aliphatic heterocycles. The van der Waals surface area contributed by atoms with Crippen LogP contribution in [0.5, 0.6) is 0 Å². The minimum Gasteiger partial charge on any atom is -0.395 e. The van der Waals surface area contributed by atoms with E-state index in [1.165, 1.54) is 0 Å². The van der Waals surface area contributed by atoms with E-state index in [-0.39, 0.29) is 17.6 Å².